The van der Waals surface area contributed by atoms with Crippen LogP contribution in [0.25, 0.3) is 0 Å². The normalized spacial score (nSPS) is 11.2. The Morgan fingerprint density at radius 3 is 2.68 bits per heavy atom. The van der Waals surface area contributed by atoms with Crippen molar-refractivity contribution in [2.75, 3.05) is 19.7 Å². The van der Waals surface area contributed by atoms with Gasteiger partial charge in [-0.05, 0) is 19.0 Å². The first-order valence-electron chi connectivity index (χ1n) is 5.56. The molecule has 0 saturated heterocycles. The van der Waals surface area contributed by atoms with Crippen LogP contribution in [0.5, 0.6) is 5.88 Å². The average Bonchev–Trinajstić information content (AvgIpc) is 2.36. The molecule has 106 valence electrons. The van der Waals surface area contributed by atoms with Gasteiger partial charge in [-0.25, -0.2) is 4.98 Å². The van der Waals surface area contributed by atoms with E-state index in [2.05, 4.69) is 15.0 Å². The molecular weight excluding hydrogens is 263 g/mol. The lowest BCUT2D eigenvalue weighted by atomic mass is 10.2. The molecule has 0 fully saturated rings. The van der Waals surface area contributed by atoms with Crippen LogP contribution in [-0.4, -0.2) is 36.8 Å². The van der Waals surface area contributed by atoms with Crippen LogP contribution in [0.4, 0.5) is 13.2 Å². The molecule has 1 aromatic rings. The molecule has 3 N–H and O–H groups in total. The lowest BCUT2D eigenvalue weighted by Gasteiger charge is -2.08. The van der Waals surface area contributed by atoms with E-state index in [0.717, 1.165) is 6.20 Å². The van der Waals surface area contributed by atoms with E-state index in [0.29, 0.717) is 19.5 Å². The highest BCUT2D eigenvalue weighted by Crippen LogP contribution is 2.16. The molecule has 1 heterocycles. The average molecular weight is 277 g/mol. The number of aromatic nitrogens is 1. The number of nitrogens with two attached hydrogens (primary N) is 1. The third-order valence-electron chi connectivity index (χ3n) is 2.05. The Balaban J connectivity index is 2.49. The van der Waals surface area contributed by atoms with Crippen LogP contribution in [-0.2, 0) is 0 Å². The van der Waals surface area contributed by atoms with Gasteiger partial charge in [0.15, 0.2) is 6.61 Å². The molecule has 5 nitrogen and oxygen atoms in total. The van der Waals surface area contributed by atoms with Crippen LogP contribution in [0.2, 0.25) is 0 Å². The maximum absolute atomic E-state index is 11.9. The quantitative estimate of drug-likeness (QED) is 0.763. The van der Waals surface area contributed by atoms with Gasteiger partial charge in [0, 0.05) is 18.8 Å². The van der Waals surface area contributed by atoms with Gasteiger partial charge in [0.25, 0.3) is 5.91 Å². The van der Waals surface area contributed by atoms with Crippen LogP contribution < -0.4 is 15.8 Å². The number of carbonyl (C=O) groups excluding carboxylic acids is 1. The first-order chi connectivity index (χ1) is 8.92. The van der Waals surface area contributed by atoms with E-state index in [1.54, 1.807) is 0 Å². The lowest BCUT2D eigenvalue weighted by molar-refractivity contribution is -0.154. The molecule has 0 aliphatic heterocycles. The number of amides is 1. The minimum Gasteiger partial charge on any atom is -0.468 e. The monoisotopic (exact) mass is 277 g/mol. The highest BCUT2D eigenvalue weighted by Gasteiger charge is 2.28. The third kappa shape index (κ3) is 6.05. The molecule has 1 aromatic heterocycles. The van der Waals surface area contributed by atoms with Gasteiger partial charge < -0.3 is 15.8 Å². The van der Waals surface area contributed by atoms with Crippen molar-refractivity contribution in [2.24, 2.45) is 5.73 Å². The first-order valence-corrected chi connectivity index (χ1v) is 5.56. The number of halogens is 3. The number of ether oxygens (including phenoxy) is 1. The number of alkyl halides is 3. The van der Waals surface area contributed by atoms with E-state index in [1.807, 2.05) is 0 Å². The molecule has 0 atom stereocenters. The van der Waals surface area contributed by atoms with Gasteiger partial charge in [0.1, 0.15) is 0 Å². The molecule has 1 amide bonds. The zero-order valence-electron chi connectivity index (χ0n) is 10.0. The van der Waals surface area contributed by atoms with Crippen molar-refractivity contribution >= 4 is 5.91 Å². The summed E-state index contributed by atoms with van der Waals surface area (Å²) in [7, 11) is 0. The number of pyridine rings is 1. The molecular formula is C11H14F3N3O2. The fraction of sp³-hybridized carbons (Fsp3) is 0.455. The number of nitrogens with zero attached hydrogens (tertiary/aromatic N) is 1. The molecule has 0 bridgehead atoms. The Labute approximate surface area is 108 Å². The predicted molar refractivity (Wildman–Crippen MR) is 61.8 cm³/mol. The largest absolute Gasteiger partial charge is 0.468 e. The summed E-state index contributed by atoms with van der Waals surface area (Å²) in [6, 6.07) is 2.56. The zero-order chi connectivity index (χ0) is 14.3. The summed E-state index contributed by atoms with van der Waals surface area (Å²) in [5, 5.41) is 2.60. The van der Waals surface area contributed by atoms with Gasteiger partial charge >= 0.3 is 6.18 Å². The second kappa shape index (κ2) is 6.93. The van der Waals surface area contributed by atoms with Gasteiger partial charge in [-0.3, -0.25) is 4.79 Å². The van der Waals surface area contributed by atoms with Crippen LogP contribution in [0.3, 0.4) is 0 Å². The number of carbonyl (C=O) groups is 1. The summed E-state index contributed by atoms with van der Waals surface area (Å²) in [6.45, 7) is -0.521. The minimum absolute atomic E-state index is 0.184. The van der Waals surface area contributed by atoms with Crippen molar-refractivity contribution in [3.63, 3.8) is 0 Å². The van der Waals surface area contributed by atoms with Gasteiger partial charge in [-0.15, -0.1) is 0 Å². The second-order valence-corrected chi connectivity index (χ2v) is 3.69. The molecule has 0 aliphatic rings. The Morgan fingerprint density at radius 1 is 1.42 bits per heavy atom. The zero-order valence-corrected chi connectivity index (χ0v) is 10.0. The number of hydrogen-bond acceptors (Lipinski definition) is 4. The van der Waals surface area contributed by atoms with Crippen LogP contribution >= 0.6 is 0 Å². The number of nitrogens with one attached hydrogen (secondary N) is 1. The summed E-state index contributed by atoms with van der Waals surface area (Å²) < 4.78 is 40.1. The highest BCUT2D eigenvalue weighted by atomic mass is 19.4. The van der Waals surface area contributed by atoms with Crippen molar-refractivity contribution in [1.82, 2.24) is 10.3 Å². The van der Waals surface area contributed by atoms with E-state index >= 15 is 0 Å². The van der Waals surface area contributed by atoms with Crippen molar-refractivity contribution in [3.8, 4) is 5.88 Å². The van der Waals surface area contributed by atoms with Crippen LogP contribution in [0.15, 0.2) is 18.3 Å². The molecule has 1 rings (SSSR count). The Kier molecular flexibility index (Phi) is 5.56. The topological polar surface area (TPSA) is 77.2 Å². The van der Waals surface area contributed by atoms with Crippen LogP contribution in [0, 0.1) is 0 Å². The molecule has 19 heavy (non-hydrogen) atoms. The number of rotatable bonds is 6. The molecule has 0 unspecified atom stereocenters. The van der Waals surface area contributed by atoms with Gasteiger partial charge in [-0.1, -0.05) is 0 Å². The molecule has 0 aliphatic carbocycles. The van der Waals surface area contributed by atoms with E-state index < -0.39 is 12.8 Å². The predicted octanol–water partition coefficient (Wildman–Crippen LogP) is 1.10. The van der Waals surface area contributed by atoms with Crippen molar-refractivity contribution in [3.05, 3.63) is 23.9 Å². The van der Waals surface area contributed by atoms with Crippen LogP contribution in [0.1, 0.15) is 16.8 Å². The summed E-state index contributed by atoms with van der Waals surface area (Å²) in [5.74, 6) is -0.542. The van der Waals surface area contributed by atoms with Crippen molar-refractivity contribution in [1.29, 1.82) is 0 Å². The first kappa shape index (κ1) is 15.2. The van der Waals surface area contributed by atoms with Gasteiger partial charge in [0.2, 0.25) is 5.88 Å². The summed E-state index contributed by atoms with van der Waals surface area (Å²) in [4.78, 5) is 15.2. The van der Waals surface area contributed by atoms with E-state index in [9.17, 15) is 18.0 Å². The Morgan fingerprint density at radius 2 is 2.16 bits per heavy atom. The van der Waals surface area contributed by atoms with E-state index in [-0.39, 0.29) is 17.4 Å². The fourth-order valence-corrected chi connectivity index (χ4v) is 1.16. The Bertz CT molecular complexity index is 407. The maximum Gasteiger partial charge on any atom is 0.422 e. The second-order valence-electron chi connectivity index (χ2n) is 3.69. The van der Waals surface area contributed by atoms with Gasteiger partial charge in [0.05, 0.1) is 5.56 Å². The smallest absolute Gasteiger partial charge is 0.422 e. The molecule has 8 heteroatoms. The number of hydrogen-bond donors (Lipinski definition) is 2. The summed E-state index contributed by atoms with van der Waals surface area (Å²) >= 11 is 0. The van der Waals surface area contributed by atoms with Crippen molar-refractivity contribution in [2.45, 2.75) is 12.6 Å². The fourth-order valence-electron chi connectivity index (χ4n) is 1.16. The summed E-state index contributed by atoms with van der Waals surface area (Å²) in [6.07, 6.45) is -2.62. The minimum atomic E-state index is -4.42. The highest BCUT2D eigenvalue weighted by molar-refractivity contribution is 5.93. The standard InChI is InChI=1S/C11H14F3N3O2/c12-11(13,14)7-19-9-3-2-8(6-17-9)10(18)16-5-1-4-15/h2-3,6H,1,4-5,7,15H2,(H,16,18). The van der Waals surface area contributed by atoms with Crippen molar-refractivity contribution < 1.29 is 22.7 Å². The SMILES string of the molecule is NCCCNC(=O)c1ccc(OCC(F)(F)F)nc1. The third-order valence-corrected chi connectivity index (χ3v) is 2.05. The Hall–Kier alpha value is -1.83. The van der Waals surface area contributed by atoms with E-state index in [1.165, 1.54) is 12.1 Å². The molecule has 0 saturated carbocycles. The lowest BCUT2D eigenvalue weighted by Crippen LogP contribution is -2.26. The maximum atomic E-state index is 11.9. The van der Waals surface area contributed by atoms with E-state index in [4.69, 9.17) is 5.73 Å². The molecule has 0 spiro atoms. The molecule has 0 radical (unpaired) electrons. The van der Waals surface area contributed by atoms with Gasteiger partial charge in [-0.2, -0.15) is 13.2 Å². The molecule has 0 aromatic carbocycles. The summed E-state index contributed by atoms with van der Waals surface area (Å²) in [5.41, 5.74) is 5.52.